The van der Waals surface area contributed by atoms with Crippen molar-refractivity contribution in [3.8, 4) is 0 Å². The Bertz CT molecular complexity index is 420. The molecule has 1 fully saturated rings. The van der Waals surface area contributed by atoms with Gasteiger partial charge in [0, 0.05) is 18.4 Å². The van der Waals surface area contributed by atoms with E-state index in [0.29, 0.717) is 6.04 Å². The first-order valence-electron chi connectivity index (χ1n) is 7.16. The van der Waals surface area contributed by atoms with Gasteiger partial charge in [-0.1, -0.05) is 12.1 Å². The molecule has 2 nitrogen and oxygen atoms in total. The second-order valence-corrected chi connectivity index (χ2v) is 5.95. The molecule has 1 aliphatic heterocycles. The fourth-order valence-electron chi connectivity index (χ4n) is 2.88. The van der Waals surface area contributed by atoms with Crippen LogP contribution < -0.4 is 9.80 Å². The van der Waals surface area contributed by atoms with Crippen molar-refractivity contribution in [3.63, 3.8) is 0 Å². The largest absolute Gasteiger partial charge is 0.416 e. The quantitative estimate of drug-likeness (QED) is 0.797. The fourth-order valence-corrected chi connectivity index (χ4v) is 2.88. The Balaban J connectivity index is 1.93. The lowest BCUT2D eigenvalue weighted by atomic mass is 10.0. The summed E-state index contributed by atoms with van der Waals surface area (Å²) in [5.74, 6) is 0. The van der Waals surface area contributed by atoms with Gasteiger partial charge < -0.3 is 9.80 Å². The average Bonchev–Trinajstić information content (AvgIpc) is 2.39. The van der Waals surface area contributed by atoms with Gasteiger partial charge >= 0.3 is 6.18 Å². The predicted octanol–water partition coefficient (Wildman–Crippen LogP) is 0.397. The number of hydrogen-bond donors (Lipinski definition) is 2. The van der Waals surface area contributed by atoms with Crippen LogP contribution in [0.1, 0.15) is 24.0 Å². The standard InChI is InChI=1S/C15H21F3N2/c1-19-9-7-14(8-10-19)20(2)11-12-3-5-13(6-4-12)15(16,17)18/h3-6,14H,7-11H2,1-2H3/p+2. The molecule has 0 radical (unpaired) electrons. The van der Waals surface area contributed by atoms with Crippen LogP contribution in [-0.2, 0) is 12.7 Å². The molecule has 5 heteroatoms. The molecular formula is C15H23F3N2+2. The molecule has 0 spiro atoms. The van der Waals surface area contributed by atoms with Gasteiger partial charge in [0.25, 0.3) is 0 Å². The van der Waals surface area contributed by atoms with Crippen LogP contribution in [-0.4, -0.2) is 33.2 Å². The van der Waals surface area contributed by atoms with Crippen LogP contribution in [0, 0.1) is 0 Å². The summed E-state index contributed by atoms with van der Waals surface area (Å²) in [5.41, 5.74) is 0.406. The third-order valence-electron chi connectivity index (χ3n) is 4.30. The lowest BCUT2D eigenvalue weighted by molar-refractivity contribution is -0.948. The molecule has 1 atom stereocenters. The number of hydrogen-bond acceptors (Lipinski definition) is 0. The number of halogens is 3. The minimum atomic E-state index is -4.24. The number of alkyl halides is 3. The summed E-state index contributed by atoms with van der Waals surface area (Å²) >= 11 is 0. The van der Waals surface area contributed by atoms with Crippen LogP contribution in [0.25, 0.3) is 0 Å². The predicted molar refractivity (Wildman–Crippen MR) is 71.7 cm³/mol. The van der Waals surface area contributed by atoms with Gasteiger partial charge in [0.1, 0.15) is 6.54 Å². The first-order valence-corrected chi connectivity index (χ1v) is 7.16. The Kier molecular flexibility index (Phi) is 4.70. The molecule has 1 aromatic carbocycles. The van der Waals surface area contributed by atoms with E-state index in [1.807, 2.05) is 0 Å². The summed E-state index contributed by atoms with van der Waals surface area (Å²) in [7, 11) is 4.35. The van der Waals surface area contributed by atoms with Gasteiger partial charge in [-0.3, -0.25) is 0 Å². The second kappa shape index (κ2) is 6.14. The molecule has 20 heavy (non-hydrogen) atoms. The van der Waals surface area contributed by atoms with E-state index < -0.39 is 11.7 Å². The zero-order valence-electron chi connectivity index (χ0n) is 12.1. The molecule has 1 aliphatic rings. The van der Waals surface area contributed by atoms with Crippen LogP contribution >= 0.6 is 0 Å². The number of benzene rings is 1. The maximum atomic E-state index is 12.5. The topological polar surface area (TPSA) is 8.88 Å². The average molecular weight is 288 g/mol. The summed E-state index contributed by atoms with van der Waals surface area (Å²) in [4.78, 5) is 2.97. The zero-order valence-corrected chi connectivity index (χ0v) is 12.1. The first-order chi connectivity index (χ1) is 9.36. The van der Waals surface area contributed by atoms with Crippen LogP contribution in [0.15, 0.2) is 24.3 Å². The Hall–Kier alpha value is -1.07. The van der Waals surface area contributed by atoms with Crippen molar-refractivity contribution in [1.82, 2.24) is 0 Å². The summed E-state index contributed by atoms with van der Waals surface area (Å²) in [6, 6.07) is 6.20. The van der Waals surface area contributed by atoms with E-state index in [1.54, 1.807) is 17.0 Å². The van der Waals surface area contributed by atoms with Gasteiger partial charge in [-0.15, -0.1) is 0 Å². The number of rotatable bonds is 3. The number of piperidine rings is 1. The Morgan fingerprint density at radius 2 is 1.70 bits per heavy atom. The monoisotopic (exact) mass is 288 g/mol. The van der Waals surface area contributed by atoms with Crippen molar-refractivity contribution in [2.45, 2.75) is 31.6 Å². The number of nitrogens with one attached hydrogen (secondary N) is 2. The van der Waals surface area contributed by atoms with E-state index >= 15 is 0 Å². The molecule has 0 saturated carbocycles. The van der Waals surface area contributed by atoms with E-state index in [9.17, 15) is 13.2 Å². The summed E-state index contributed by atoms with van der Waals surface area (Å²) in [6.45, 7) is 3.17. The van der Waals surface area contributed by atoms with Crippen molar-refractivity contribution in [2.75, 3.05) is 27.2 Å². The lowest BCUT2D eigenvalue weighted by Crippen LogP contribution is -3.17. The minimum absolute atomic E-state index is 0.568. The van der Waals surface area contributed by atoms with Crippen molar-refractivity contribution in [1.29, 1.82) is 0 Å². The molecule has 1 unspecified atom stereocenters. The van der Waals surface area contributed by atoms with E-state index in [0.717, 1.165) is 12.1 Å². The van der Waals surface area contributed by atoms with Crippen LogP contribution in [0.4, 0.5) is 13.2 Å². The van der Waals surface area contributed by atoms with Crippen molar-refractivity contribution >= 4 is 0 Å². The molecule has 1 saturated heterocycles. The normalized spacial score (nSPS) is 25.4. The molecule has 1 heterocycles. The highest BCUT2D eigenvalue weighted by Gasteiger charge is 2.30. The highest BCUT2D eigenvalue weighted by molar-refractivity contribution is 5.23. The van der Waals surface area contributed by atoms with E-state index in [2.05, 4.69) is 14.1 Å². The highest BCUT2D eigenvalue weighted by Crippen LogP contribution is 2.28. The summed E-state index contributed by atoms with van der Waals surface area (Å²) in [5, 5.41) is 0. The van der Waals surface area contributed by atoms with Crippen molar-refractivity contribution in [3.05, 3.63) is 35.4 Å². The van der Waals surface area contributed by atoms with E-state index in [1.165, 1.54) is 43.0 Å². The van der Waals surface area contributed by atoms with E-state index in [-0.39, 0.29) is 0 Å². The molecule has 112 valence electrons. The first kappa shape index (κ1) is 15.3. The lowest BCUT2D eigenvalue weighted by Gasteiger charge is -2.30. The molecule has 2 N–H and O–H groups in total. The minimum Gasteiger partial charge on any atom is -0.337 e. The van der Waals surface area contributed by atoms with Crippen molar-refractivity contribution < 1.29 is 23.0 Å². The number of quaternary nitrogens is 2. The maximum Gasteiger partial charge on any atom is 0.416 e. The van der Waals surface area contributed by atoms with Crippen LogP contribution in [0.3, 0.4) is 0 Å². The summed E-state index contributed by atoms with van der Waals surface area (Å²) in [6.07, 6.45) is -1.86. The molecule has 0 aromatic heterocycles. The third kappa shape index (κ3) is 3.96. The highest BCUT2D eigenvalue weighted by atomic mass is 19.4. The van der Waals surface area contributed by atoms with Crippen LogP contribution in [0.2, 0.25) is 0 Å². The fraction of sp³-hybridized carbons (Fsp3) is 0.600. The van der Waals surface area contributed by atoms with Gasteiger partial charge in [-0.05, 0) is 12.1 Å². The van der Waals surface area contributed by atoms with Gasteiger partial charge in [0.05, 0.1) is 38.8 Å². The molecule has 2 rings (SSSR count). The smallest absolute Gasteiger partial charge is 0.337 e. The maximum absolute atomic E-state index is 12.5. The molecule has 0 amide bonds. The van der Waals surface area contributed by atoms with E-state index in [4.69, 9.17) is 0 Å². The third-order valence-corrected chi connectivity index (χ3v) is 4.30. The van der Waals surface area contributed by atoms with Gasteiger partial charge in [0.15, 0.2) is 0 Å². The van der Waals surface area contributed by atoms with Gasteiger partial charge in [-0.2, -0.15) is 13.2 Å². The summed E-state index contributed by atoms with van der Waals surface area (Å²) < 4.78 is 37.5. The Labute approximate surface area is 118 Å². The SMILES string of the molecule is C[NH+]1CCC([NH+](C)Cc2ccc(C(F)(F)F)cc2)CC1. The molecule has 0 aliphatic carbocycles. The number of likely N-dealkylation sites (tertiary alicyclic amines) is 1. The molecule has 1 aromatic rings. The van der Waals surface area contributed by atoms with Crippen LogP contribution in [0.5, 0.6) is 0 Å². The molecular weight excluding hydrogens is 265 g/mol. The second-order valence-electron chi connectivity index (χ2n) is 5.95. The van der Waals surface area contributed by atoms with Gasteiger partial charge in [-0.25, -0.2) is 0 Å². The Morgan fingerprint density at radius 1 is 1.15 bits per heavy atom. The van der Waals surface area contributed by atoms with Gasteiger partial charge in [0.2, 0.25) is 0 Å². The molecule has 0 bridgehead atoms. The Morgan fingerprint density at radius 3 is 2.20 bits per heavy atom. The van der Waals surface area contributed by atoms with Crippen molar-refractivity contribution in [2.24, 2.45) is 0 Å². The zero-order chi connectivity index (χ0) is 14.8.